The standard InChI is InChI=1S/C13H24O3/c1-6-10(2)12(15)16-8-7-11(14)9-13(3,4)5/h6,11,14H,7-9H2,1-5H3. The lowest BCUT2D eigenvalue weighted by Crippen LogP contribution is -2.20. The smallest absolute Gasteiger partial charge is 0.333 e. The van der Waals surface area contributed by atoms with Gasteiger partial charge in [0.25, 0.3) is 0 Å². The molecule has 3 heteroatoms. The molecule has 3 nitrogen and oxygen atoms in total. The molecule has 1 unspecified atom stereocenters. The Hall–Kier alpha value is -0.830. The Bertz CT molecular complexity index is 248. The number of aliphatic hydroxyl groups excluding tert-OH is 1. The molecule has 0 aliphatic heterocycles. The van der Waals surface area contributed by atoms with Crippen LogP contribution in [0.15, 0.2) is 11.6 Å². The molecule has 0 aliphatic rings. The first-order valence-corrected chi connectivity index (χ1v) is 5.74. The van der Waals surface area contributed by atoms with Crippen molar-refractivity contribution < 1.29 is 14.6 Å². The van der Waals surface area contributed by atoms with E-state index in [2.05, 4.69) is 20.8 Å². The highest BCUT2D eigenvalue weighted by atomic mass is 16.5. The molecule has 0 saturated carbocycles. The maximum absolute atomic E-state index is 11.3. The van der Waals surface area contributed by atoms with Gasteiger partial charge in [0.15, 0.2) is 0 Å². The minimum Gasteiger partial charge on any atom is -0.462 e. The van der Waals surface area contributed by atoms with Crippen LogP contribution < -0.4 is 0 Å². The summed E-state index contributed by atoms with van der Waals surface area (Å²) >= 11 is 0. The number of hydrogen-bond acceptors (Lipinski definition) is 3. The Labute approximate surface area is 98.5 Å². The minimum atomic E-state index is -0.404. The van der Waals surface area contributed by atoms with Crippen molar-refractivity contribution in [2.24, 2.45) is 5.41 Å². The molecule has 1 N–H and O–H groups in total. The number of carbonyl (C=O) groups is 1. The van der Waals surface area contributed by atoms with Crippen LogP contribution >= 0.6 is 0 Å². The molecule has 0 heterocycles. The van der Waals surface area contributed by atoms with E-state index >= 15 is 0 Å². The Balaban J connectivity index is 3.79. The Morgan fingerprint density at radius 3 is 2.44 bits per heavy atom. The second-order valence-corrected chi connectivity index (χ2v) is 5.31. The molecule has 0 bridgehead atoms. The number of carbonyl (C=O) groups excluding carboxylic acids is 1. The second-order valence-electron chi connectivity index (χ2n) is 5.31. The van der Waals surface area contributed by atoms with Crippen molar-refractivity contribution in [2.45, 2.75) is 53.6 Å². The maximum Gasteiger partial charge on any atom is 0.333 e. The molecule has 0 rings (SSSR count). The van der Waals surface area contributed by atoms with Crippen LogP contribution in [0.5, 0.6) is 0 Å². The van der Waals surface area contributed by atoms with Crippen LogP contribution in [0.1, 0.15) is 47.5 Å². The van der Waals surface area contributed by atoms with Gasteiger partial charge in [-0.2, -0.15) is 0 Å². The van der Waals surface area contributed by atoms with Gasteiger partial charge < -0.3 is 9.84 Å². The zero-order valence-electron chi connectivity index (χ0n) is 11.0. The van der Waals surface area contributed by atoms with Crippen molar-refractivity contribution in [1.82, 2.24) is 0 Å². The highest BCUT2D eigenvalue weighted by Gasteiger charge is 2.17. The second kappa shape index (κ2) is 6.69. The maximum atomic E-state index is 11.3. The third-order valence-electron chi connectivity index (χ3n) is 2.29. The molecule has 0 aromatic heterocycles. The number of hydrogen-bond donors (Lipinski definition) is 1. The lowest BCUT2D eigenvalue weighted by molar-refractivity contribution is -0.139. The number of aliphatic hydroxyl groups is 1. The van der Waals surface area contributed by atoms with Crippen LogP contribution in [-0.2, 0) is 9.53 Å². The van der Waals surface area contributed by atoms with Gasteiger partial charge >= 0.3 is 5.97 Å². The van der Waals surface area contributed by atoms with Crippen LogP contribution in [0.2, 0.25) is 0 Å². The van der Waals surface area contributed by atoms with Gasteiger partial charge in [0, 0.05) is 12.0 Å². The summed E-state index contributed by atoms with van der Waals surface area (Å²) in [5.41, 5.74) is 0.702. The van der Waals surface area contributed by atoms with E-state index in [1.807, 2.05) is 0 Å². The zero-order chi connectivity index (χ0) is 12.8. The molecule has 0 amide bonds. The van der Waals surface area contributed by atoms with E-state index in [0.29, 0.717) is 18.4 Å². The van der Waals surface area contributed by atoms with Gasteiger partial charge in [-0.15, -0.1) is 0 Å². The topological polar surface area (TPSA) is 46.5 Å². The third kappa shape index (κ3) is 7.46. The number of allylic oxidation sites excluding steroid dienone is 1. The van der Waals surface area contributed by atoms with Crippen molar-refractivity contribution in [2.75, 3.05) is 6.61 Å². The quantitative estimate of drug-likeness (QED) is 0.581. The molecule has 1 atom stereocenters. The van der Waals surface area contributed by atoms with Crippen LogP contribution in [0, 0.1) is 5.41 Å². The summed E-state index contributed by atoms with van der Waals surface area (Å²) in [7, 11) is 0. The van der Waals surface area contributed by atoms with Gasteiger partial charge in [-0.25, -0.2) is 4.79 Å². The zero-order valence-corrected chi connectivity index (χ0v) is 11.0. The molecular weight excluding hydrogens is 204 g/mol. The van der Waals surface area contributed by atoms with Gasteiger partial charge in [0.05, 0.1) is 12.7 Å². The highest BCUT2D eigenvalue weighted by Crippen LogP contribution is 2.21. The van der Waals surface area contributed by atoms with Crippen LogP contribution in [0.25, 0.3) is 0 Å². The van der Waals surface area contributed by atoms with Crippen LogP contribution in [0.3, 0.4) is 0 Å². The lowest BCUT2D eigenvalue weighted by Gasteiger charge is -2.22. The van der Waals surface area contributed by atoms with Crippen LogP contribution in [0.4, 0.5) is 0 Å². The third-order valence-corrected chi connectivity index (χ3v) is 2.29. The molecule has 0 aromatic rings. The first kappa shape index (κ1) is 15.2. The highest BCUT2D eigenvalue weighted by molar-refractivity contribution is 5.87. The summed E-state index contributed by atoms with van der Waals surface area (Å²) in [4.78, 5) is 11.3. The van der Waals surface area contributed by atoms with E-state index in [4.69, 9.17) is 4.74 Å². The van der Waals surface area contributed by atoms with Gasteiger partial charge in [0.2, 0.25) is 0 Å². The predicted molar refractivity (Wildman–Crippen MR) is 65.1 cm³/mol. The minimum absolute atomic E-state index is 0.0999. The fourth-order valence-corrected chi connectivity index (χ4v) is 1.33. The fourth-order valence-electron chi connectivity index (χ4n) is 1.33. The van der Waals surface area contributed by atoms with Crippen molar-refractivity contribution in [3.05, 3.63) is 11.6 Å². The van der Waals surface area contributed by atoms with E-state index in [1.165, 1.54) is 0 Å². The molecule has 16 heavy (non-hydrogen) atoms. The van der Waals surface area contributed by atoms with Gasteiger partial charge in [-0.3, -0.25) is 0 Å². The predicted octanol–water partition coefficient (Wildman–Crippen LogP) is 2.68. The SMILES string of the molecule is CC=C(C)C(=O)OCCC(O)CC(C)(C)C. The van der Waals surface area contributed by atoms with Crippen molar-refractivity contribution >= 4 is 5.97 Å². The van der Waals surface area contributed by atoms with Crippen molar-refractivity contribution in [1.29, 1.82) is 0 Å². The van der Waals surface area contributed by atoms with E-state index in [1.54, 1.807) is 19.9 Å². The van der Waals surface area contributed by atoms with E-state index in [0.717, 1.165) is 0 Å². The molecule has 0 aliphatic carbocycles. The molecule has 0 radical (unpaired) electrons. The fraction of sp³-hybridized carbons (Fsp3) is 0.769. The Kier molecular flexibility index (Phi) is 6.34. The van der Waals surface area contributed by atoms with Gasteiger partial charge in [0.1, 0.15) is 0 Å². The summed E-state index contributed by atoms with van der Waals surface area (Å²) < 4.78 is 5.01. The molecule has 94 valence electrons. The number of esters is 1. The van der Waals surface area contributed by atoms with Crippen LogP contribution in [-0.4, -0.2) is 23.8 Å². The number of ether oxygens (including phenoxy) is 1. The van der Waals surface area contributed by atoms with E-state index in [-0.39, 0.29) is 18.0 Å². The molecule has 0 spiro atoms. The first-order chi connectivity index (χ1) is 7.26. The molecular formula is C13H24O3. The summed E-state index contributed by atoms with van der Waals surface area (Å²) in [5, 5.41) is 9.69. The van der Waals surface area contributed by atoms with Crippen molar-refractivity contribution in [3.63, 3.8) is 0 Å². The Morgan fingerprint density at radius 2 is 2.00 bits per heavy atom. The Morgan fingerprint density at radius 1 is 1.44 bits per heavy atom. The van der Waals surface area contributed by atoms with Gasteiger partial charge in [-0.1, -0.05) is 26.8 Å². The van der Waals surface area contributed by atoms with E-state index in [9.17, 15) is 9.90 Å². The average molecular weight is 228 g/mol. The van der Waals surface area contributed by atoms with Gasteiger partial charge in [-0.05, 0) is 25.7 Å². The molecule has 0 fully saturated rings. The van der Waals surface area contributed by atoms with Crippen molar-refractivity contribution in [3.8, 4) is 0 Å². The molecule has 0 aromatic carbocycles. The normalized spacial score (nSPS) is 14.8. The number of rotatable bonds is 5. The monoisotopic (exact) mass is 228 g/mol. The largest absolute Gasteiger partial charge is 0.462 e. The molecule has 0 saturated heterocycles. The summed E-state index contributed by atoms with van der Waals surface area (Å²) in [6.45, 7) is 10.0. The lowest BCUT2D eigenvalue weighted by atomic mass is 9.88. The summed E-state index contributed by atoms with van der Waals surface area (Å²) in [6, 6.07) is 0. The summed E-state index contributed by atoms with van der Waals surface area (Å²) in [6.07, 6.45) is 2.53. The first-order valence-electron chi connectivity index (χ1n) is 5.74. The summed E-state index contributed by atoms with van der Waals surface area (Å²) in [5.74, 6) is -0.301. The average Bonchev–Trinajstić information content (AvgIpc) is 2.13. The van der Waals surface area contributed by atoms with E-state index < -0.39 is 6.10 Å².